The summed E-state index contributed by atoms with van der Waals surface area (Å²) in [5, 5.41) is 15.0. The van der Waals surface area contributed by atoms with Gasteiger partial charge in [0.05, 0.1) is 29.0 Å². The van der Waals surface area contributed by atoms with Gasteiger partial charge in [-0.3, -0.25) is 14.6 Å². The Morgan fingerprint density at radius 1 is 1.16 bits per heavy atom. The van der Waals surface area contributed by atoms with Crippen LogP contribution in [0.4, 0.5) is 18.9 Å². The van der Waals surface area contributed by atoms with E-state index in [0.717, 1.165) is 12.8 Å². The zero-order valence-corrected chi connectivity index (χ0v) is 24.4. The molecule has 2 atom stereocenters. The first kappa shape index (κ1) is 29.9. The SMILES string of the molecule is C[C@]1(C(N)=O)COc2c1cc([C@@](O)(CNC(=O)c1cc(Cl)c(N)c(C=NC3CC3)c1)C1CC1)nc2-c1cc(F)c(F)cc1F. The highest BCUT2D eigenvalue weighted by atomic mass is 35.5. The highest BCUT2D eigenvalue weighted by Crippen LogP contribution is 2.50. The van der Waals surface area contributed by atoms with Crippen LogP contribution in [0.15, 0.2) is 35.3 Å². The van der Waals surface area contributed by atoms with E-state index in [1.807, 2.05) is 0 Å². The molecule has 230 valence electrons. The minimum atomic E-state index is -1.80. The molecule has 2 heterocycles. The first-order valence-corrected chi connectivity index (χ1v) is 14.5. The number of amides is 2. The highest BCUT2D eigenvalue weighted by molar-refractivity contribution is 6.34. The molecule has 6 rings (SSSR count). The van der Waals surface area contributed by atoms with Crippen molar-refractivity contribution in [2.45, 2.75) is 49.7 Å². The zero-order valence-electron chi connectivity index (χ0n) is 23.6. The Labute approximate surface area is 255 Å². The molecular formula is C31H29ClF3N5O4. The molecule has 1 aromatic heterocycles. The Bertz CT molecular complexity index is 1750. The van der Waals surface area contributed by atoms with Crippen LogP contribution >= 0.6 is 11.6 Å². The molecule has 1 aliphatic heterocycles. The van der Waals surface area contributed by atoms with Gasteiger partial charge in [-0.25, -0.2) is 18.2 Å². The predicted octanol–water partition coefficient (Wildman–Crippen LogP) is 4.15. The number of aliphatic imine (C=N–C) groups is 1. The average molecular weight is 628 g/mol. The summed E-state index contributed by atoms with van der Waals surface area (Å²) in [6.45, 7) is 0.969. The quantitative estimate of drug-likeness (QED) is 0.159. The van der Waals surface area contributed by atoms with Crippen molar-refractivity contribution in [3.8, 4) is 17.0 Å². The van der Waals surface area contributed by atoms with Crippen LogP contribution in [0.1, 0.15) is 59.8 Å². The molecular weight excluding hydrogens is 599 g/mol. The van der Waals surface area contributed by atoms with E-state index in [9.17, 15) is 23.5 Å². The second kappa shape index (κ2) is 10.8. The molecule has 6 N–H and O–H groups in total. The number of nitrogens with two attached hydrogens (primary N) is 2. The van der Waals surface area contributed by atoms with Crippen molar-refractivity contribution in [3.63, 3.8) is 0 Å². The number of carbonyl (C=O) groups excluding carboxylic acids is 2. The summed E-state index contributed by atoms with van der Waals surface area (Å²) >= 11 is 6.30. The molecule has 0 unspecified atom stereocenters. The largest absolute Gasteiger partial charge is 0.489 e. The number of nitrogens with one attached hydrogen (secondary N) is 1. The lowest BCUT2D eigenvalue weighted by molar-refractivity contribution is -0.123. The number of aliphatic hydroxyl groups is 1. The van der Waals surface area contributed by atoms with Crippen molar-refractivity contribution < 1.29 is 32.6 Å². The molecule has 0 radical (unpaired) electrons. The molecule has 0 bridgehead atoms. The number of pyridine rings is 1. The number of nitrogens with zero attached hydrogens (tertiary/aromatic N) is 2. The highest BCUT2D eigenvalue weighted by Gasteiger charge is 2.50. The number of hydrogen-bond acceptors (Lipinski definition) is 7. The summed E-state index contributed by atoms with van der Waals surface area (Å²) in [6.07, 6.45) is 4.71. The third-order valence-electron chi connectivity index (χ3n) is 8.49. The van der Waals surface area contributed by atoms with Crippen LogP contribution in [0.25, 0.3) is 11.3 Å². The van der Waals surface area contributed by atoms with Crippen LogP contribution in [-0.2, 0) is 15.8 Å². The Kier molecular flexibility index (Phi) is 7.32. The number of hydrogen-bond donors (Lipinski definition) is 4. The summed E-state index contributed by atoms with van der Waals surface area (Å²) in [6, 6.07) is 5.63. The van der Waals surface area contributed by atoms with Gasteiger partial charge in [-0.2, -0.15) is 0 Å². The molecule has 2 fully saturated rings. The van der Waals surface area contributed by atoms with E-state index in [1.165, 1.54) is 19.1 Å². The fraction of sp³-hybridized carbons (Fsp3) is 0.355. The van der Waals surface area contributed by atoms with Crippen LogP contribution < -0.4 is 21.5 Å². The number of fused-ring (bicyclic) bond motifs is 1. The number of benzene rings is 2. The van der Waals surface area contributed by atoms with E-state index < -0.39 is 45.8 Å². The maximum atomic E-state index is 15.0. The Morgan fingerprint density at radius 3 is 2.52 bits per heavy atom. The monoisotopic (exact) mass is 627 g/mol. The number of rotatable bonds is 9. The van der Waals surface area contributed by atoms with E-state index in [1.54, 1.807) is 12.3 Å². The van der Waals surface area contributed by atoms with E-state index >= 15 is 4.39 Å². The van der Waals surface area contributed by atoms with Crippen LogP contribution in [0.3, 0.4) is 0 Å². The van der Waals surface area contributed by atoms with Crippen LogP contribution in [0.2, 0.25) is 5.02 Å². The molecule has 13 heteroatoms. The normalized spacial score (nSPS) is 20.7. The van der Waals surface area contributed by atoms with Crippen molar-refractivity contribution in [3.05, 3.63) is 75.2 Å². The number of ether oxygens (including phenoxy) is 1. The number of nitrogen functional groups attached to an aromatic ring is 1. The lowest BCUT2D eigenvalue weighted by atomic mass is 9.81. The molecule has 2 amide bonds. The third kappa shape index (κ3) is 5.26. The van der Waals surface area contributed by atoms with Gasteiger partial charge >= 0.3 is 0 Å². The Hall–Kier alpha value is -4.16. The second-order valence-corrected chi connectivity index (χ2v) is 12.2. The lowest BCUT2D eigenvalue weighted by Gasteiger charge is -2.30. The van der Waals surface area contributed by atoms with Crippen molar-refractivity contribution in [2.75, 3.05) is 18.9 Å². The van der Waals surface area contributed by atoms with E-state index in [0.29, 0.717) is 30.5 Å². The van der Waals surface area contributed by atoms with Gasteiger partial charge < -0.3 is 26.6 Å². The topological polar surface area (TPSA) is 153 Å². The van der Waals surface area contributed by atoms with Gasteiger partial charge in [-0.1, -0.05) is 11.6 Å². The molecule has 2 saturated carbocycles. The van der Waals surface area contributed by atoms with Crippen LogP contribution in [0.5, 0.6) is 5.75 Å². The molecule has 0 saturated heterocycles. The maximum absolute atomic E-state index is 15.0. The third-order valence-corrected chi connectivity index (χ3v) is 8.80. The Balaban J connectivity index is 1.39. The molecule has 2 aromatic carbocycles. The van der Waals surface area contributed by atoms with Crippen molar-refractivity contribution in [2.24, 2.45) is 16.6 Å². The molecule has 3 aliphatic rings. The van der Waals surface area contributed by atoms with Gasteiger partial charge in [-0.05, 0) is 62.8 Å². The lowest BCUT2D eigenvalue weighted by Crippen LogP contribution is -2.44. The summed E-state index contributed by atoms with van der Waals surface area (Å²) < 4.78 is 48.8. The fourth-order valence-corrected chi connectivity index (χ4v) is 5.53. The number of primary amides is 1. The van der Waals surface area contributed by atoms with E-state index in [4.69, 9.17) is 27.8 Å². The van der Waals surface area contributed by atoms with Crippen molar-refractivity contribution >= 4 is 35.3 Å². The van der Waals surface area contributed by atoms with Crippen LogP contribution in [0, 0.1) is 23.4 Å². The maximum Gasteiger partial charge on any atom is 0.251 e. The number of carbonyl (C=O) groups is 2. The summed E-state index contributed by atoms with van der Waals surface area (Å²) in [5.74, 6) is -5.58. The standard InChI is InChI=1S/C31H29ClF3N5O4/c1-30(29(37)42)13-44-27-19(30)9-24(40-26(27)18-8-22(34)23(35)10-21(18)33)31(43,16-2-3-16)12-39-28(41)14-6-15(11-38-17-4-5-17)25(36)20(32)7-14/h6-11,16-17,43H,2-5,12-13,36H2,1H3,(H2,37,42)(H,39,41)/t30-,31+/m0/s1. The number of aromatic nitrogens is 1. The summed E-state index contributed by atoms with van der Waals surface area (Å²) in [5.41, 5.74) is 9.03. The molecule has 0 spiro atoms. The van der Waals surface area contributed by atoms with Gasteiger partial charge in [0.15, 0.2) is 11.6 Å². The Morgan fingerprint density at radius 2 is 1.86 bits per heavy atom. The first-order valence-electron chi connectivity index (χ1n) is 14.1. The zero-order chi connectivity index (χ0) is 31.6. The average Bonchev–Trinajstić information content (AvgIpc) is 3.92. The van der Waals surface area contributed by atoms with E-state index in [-0.39, 0.29) is 64.1 Å². The van der Waals surface area contributed by atoms with E-state index in [2.05, 4.69) is 15.3 Å². The van der Waals surface area contributed by atoms with Crippen LogP contribution in [-0.4, -0.2) is 47.3 Å². The number of halogens is 4. The fourth-order valence-electron chi connectivity index (χ4n) is 5.30. The minimum absolute atomic E-state index is 0.0243. The number of anilines is 1. The summed E-state index contributed by atoms with van der Waals surface area (Å²) in [4.78, 5) is 34.7. The van der Waals surface area contributed by atoms with Crippen molar-refractivity contribution in [1.82, 2.24) is 10.3 Å². The van der Waals surface area contributed by atoms with Gasteiger partial charge in [0, 0.05) is 34.5 Å². The first-order chi connectivity index (χ1) is 20.8. The molecule has 2 aliphatic carbocycles. The van der Waals surface area contributed by atoms with Crippen molar-refractivity contribution in [1.29, 1.82) is 0 Å². The molecule has 9 nitrogen and oxygen atoms in total. The smallest absolute Gasteiger partial charge is 0.251 e. The van der Waals surface area contributed by atoms with Gasteiger partial charge in [0.25, 0.3) is 5.91 Å². The van der Waals surface area contributed by atoms with Gasteiger partial charge in [0.2, 0.25) is 5.91 Å². The van der Waals surface area contributed by atoms with Gasteiger partial charge in [0.1, 0.15) is 34.9 Å². The van der Waals surface area contributed by atoms with Gasteiger partial charge in [-0.15, -0.1) is 0 Å². The minimum Gasteiger partial charge on any atom is -0.489 e. The molecule has 44 heavy (non-hydrogen) atoms. The predicted molar refractivity (Wildman–Crippen MR) is 157 cm³/mol. The summed E-state index contributed by atoms with van der Waals surface area (Å²) in [7, 11) is 0. The molecule has 3 aromatic rings. The second-order valence-electron chi connectivity index (χ2n) is 11.8.